The van der Waals surface area contributed by atoms with Gasteiger partial charge >= 0.3 is 5.96 Å². The Labute approximate surface area is 61.7 Å². The fourth-order valence-electron chi connectivity index (χ4n) is 1.42. The minimum atomic E-state index is 0.478. The molecule has 0 amide bonds. The number of piperidine rings is 1. The van der Waals surface area contributed by atoms with Crippen LogP contribution in [-0.4, -0.2) is 23.6 Å². The quantitative estimate of drug-likeness (QED) is 0.360. The molecule has 0 aliphatic carbocycles. The number of rotatable bonds is 0. The summed E-state index contributed by atoms with van der Waals surface area (Å²) in [6.07, 6.45) is 2.53. The summed E-state index contributed by atoms with van der Waals surface area (Å²) in [6.45, 7) is 4.30. The summed E-state index contributed by atoms with van der Waals surface area (Å²) in [5, 5.41) is 0. The first-order valence-corrected chi connectivity index (χ1v) is 3.83. The lowest BCUT2D eigenvalue weighted by atomic mass is 10.0. The number of hydrogen-bond acceptors (Lipinski definition) is 0. The van der Waals surface area contributed by atoms with E-state index in [4.69, 9.17) is 11.5 Å². The summed E-state index contributed by atoms with van der Waals surface area (Å²) >= 11 is 0. The highest BCUT2D eigenvalue weighted by atomic mass is 15.1. The highest BCUT2D eigenvalue weighted by Gasteiger charge is 2.15. The molecule has 0 spiro atoms. The Balaban J connectivity index is 2.55. The second-order valence-electron chi connectivity index (χ2n) is 3.12. The van der Waals surface area contributed by atoms with E-state index in [1.807, 2.05) is 4.58 Å². The third-order valence-electron chi connectivity index (χ3n) is 2.02. The molecule has 0 aromatic rings. The van der Waals surface area contributed by atoms with Crippen LogP contribution in [0.2, 0.25) is 0 Å². The van der Waals surface area contributed by atoms with Crippen molar-refractivity contribution < 1.29 is 4.58 Å². The number of nitrogens with two attached hydrogens (primary N) is 2. The fraction of sp³-hybridized carbons (Fsp3) is 0.857. The molecule has 1 aliphatic rings. The van der Waals surface area contributed by atoms with Crippen LogP contribution in [0.4, 0.5) is 0 Å². The molecule has 0 saturated carbocycles. The lowest BCUT2D eigenvalue weighted by Gasteiger charge is -2.20. The molecule has 10 heavy (non-hydrogen) atoms. The van der Waals surface area contributed by atoms with Gasteiger partial charge < -0.3 is 0 Å². The second kappa shape index (κ2) is 2.90. The highest BCUT2D eigenvalue weighted by Crippen LogP contribution is 2.11. The molecule has 3 heteroatoms. The van der Waals surface area contributed by atoms with E-state index in [0.717, 1.165) is 19.0 Å². The topological polar surface area (TPSA) is 55.0 Å². The molecule has 0 unspecified atom stereocenters. The van der Waals surface area contributed by atoms with Gasteiger partial charge in [0.15, 0.2) is 0 Å². The van der Waals surface area contributed by atoms with Crippen LogP contribution in [0, 0.1) is 5.92 Å². The Morgan fingerprint density at radius 1 is 1.50 bits per heavy atom. The Hall–Kier alpha value is -0.730. The third-order valence-corrected chi connectivity index (χ3v) is 2.02. The lowest BCUT2D eigenvalue weighted by Crippen LogP contribution is -2.40. The molecular weight excluding hydrogens is 126 g/mol. The van der Waals surface area contributed by atoms with Crippen LogP contribution in [0.5, 0.6) is 0 Å². The van der Waals surface area contributed by atoms with Gasteiger partial charge in [-0.1, -0.05) is 6.92 Å². The van der Waals surface area contributed by atoms with Crippen molar-refractivity contribution >= 4 is 5.96 Å². The Kier molecular flexibility index (Phi) is 2.14. The van der Waals surface area contributed by atoms with Crippen molar-refractivity contribution in [3.8, 4) is 0 Å². The van der Waals surface area contributed by atoms with E-state index in [0.29, 0.717) is 5.96 Å². The first-order valence-electron chi connectivity index (χ1n) is 3.83. The minimum Gasteiger partial charge on any atom is -0.291 e. The molecule has 1 fully saturated rings. The normalized spacial score (nSPS) is 26.5. The first-order chi connectivity index (χ1) is 4.70. The Morgan fingerprint density at radius 3 is 2.60 bits per heavy atom. The predicted molar refractivity (Wildman–Crippen MR) is 41.8 cm³/mol. The SMILES string of the molecule is C[C@H]1CCC[N+](=C(N)N)C1. The molecule has 0 aromatic carbocycles. The molecule has 58 valence electrons. The number of nitrogens with zero attached hydrogens (tertiary/aromatic N) is 1. The van der Waals surface area contributed by atoms with Crippen LogP contribution in [-0.2, 0) is 0 Å². The zero-order valence-corrected chi connectivity index (χ0v) is 6.51. The molecule has 0 bridgehead atoms. The summed E-state index contributed by atoms with van der Waals surface area (Å²) in [5.74, 6) is 1.22. The lowest BCUT2D eigenvalue weighted by molar-refractivity contribution is -0.546. The molecule has 3 nitrogen and oxygen atoms in total. The van der Waals surface area contributed by atoms with E-state index in [9.17, 15) is 0 Å². The third kappa shape index (κ3) is 1.62. The van der Waals surface area contributed by atoms with Gasteiger partial charge in [0.25, 0.3) is 0 Å². The van der Waals surface area contributed by atoms with Gasteiger partial charge in [-0.3, -0.25) is 16.0 Å². The molecule has 1 heterocycles. The smallest absolute Gasteiger partial charge is 0.291 e. The van der Waals surface area contributed by atoms with Crippen LogP contribution < -0.4 is 11.5 Å². The second-order valence-corrected chi connectivity index (χ2v) is 3.12. The van der Waals surface area contributed by atoms with Gasteiger partial charge in [-0.25, -0.2) is 0 Å². The van der Waals surface area contributed by atoms with Crippen LogP contribution >= 0.6 is 0 Å². The van der Waals surface area contributed by atoms with Gasteiger partial charge in [0, 0.05) is 0 Å². The van der Waals surface area contributed by atoms with E-state index >= 15 is 0 Å². The van der Waals surface area contributed by atoms with Crippen molar-refractivity contribution in [2.45, 2.75) is 19.8 Å². The van der Waals surface area contributed by atoms with Crippen molar-refractivity contribution in [1.29, 1.82) is 0 Å². The van der Waals surface area contributed by atoms with E-state index in [1.165, 1.54) is 12.8 Å². The summed E-state index contributed by atoms with van der Waals surface area (Å²) in [7, 11) is 0. The molecule has 0 aromatic heterocycles. The fourth-order valence-corrected chi connectivity index (χ4v) is 1.42. The van der Waals surface area contributed by atoms with Crippen LogP contribution in [0.3, 0.4) is 0 Å². The van der Waals surface area contributed by atoms with E-state index in [1.54, 1.807) is 0 Å². The highest BCUT2D eigenvalue weighted by molar-refractivity contribution is 5.70. The van der Waals surface area contributed by atoms with Gasteiger partial charge in [-0.15, -0.1) is 0 Å². The monoisotopic (exact) mass is 142 g/mol. The Morgan fingerprint density at radius 2 is 2.20 bits per heavy atom. The molecule has 0 radical (unpaired) electrons. The molecule has 1 atom stereocenters. The van der Waals surface area contributed by atoms with Crippen molar-refractivity contribution in [2.75, 3.05) is 13.1 Å². The number of guanidine groups is 1. The van der Waals surface area contributed by atoms with Crippen molar-refractivity contribution in [3.05, 3.63) is 0 Å². The van der Waals surface area contributed by atoms with E-state index < -0.39 is 0 Å². The summed E-state index contributed by atoms with van der Waals surface area (Å²) < 4.78 is 2.05. The maximum Gasteiger partial charge on any atom is 0.341 e. The maximum absolute atomic E-state index is 5.45. The average Bonchev–Trinajstić information content (AvgIpc) is 1.88. The van der Waals surface area contributed by atoms with Gasteiger partial charge in [0.1, 0.15) is 0 Å². The van der Waals surface area contributed by atoms with Crippen molar-refractivity contribution in [1.82, 2.24) is 0 Å². The first kappa shape index (κ1) is 7.38. The molecule has 1 saturated heterocycles. The van der Waals surface area contributed by atoms with Crippen molar-refractivity contribution in [3.63, 3.8) is 0 Å². The van der Waals surface area contributed by atoms with Crippen LogP contribution in [0.25, 0.3) is 0 Å². The standard InChI is InChI=1S/C7H15N3/c1-6-3-2-4-10(5-6)7(8)9/h6H,2-5H2,1H3,(H3,8,9)/p+1/t6-/m0/s1. The van der Waals surface area contributed by atoms with Crippen molar-refractivity contribution in [2.24, 2.45) is 17.4 Å². The molecular formula is C7H16N3+. The van der Waals surface area contributed by atoms with Gasteiger partial charge in [-0.05, 0) is 18.8 Å². The number of hydrogen-bond donors (Lipinski definition) is 2. The van der Waals surface area contributed by atoms with E-state index in [2.05, 4.69) is 6.92 Å². The largest absolute Gasteiger partial charge is 0.341 e. The van der Waals surface area contributed by atoms with Crippen LogP contribution in [0.15, 0.2) is 0 Å². The zero-order valence-electron chi connectivity index (χ0n) is 6.51. The van der Waals surface area contributed by atoms with Gasteiger partial charge in [-0.2, -0.15) is 0 Å². The van der Waals surface area contributed by atoms with Crippen LogP contribution in [0.1, 0.15) is 19.8 Å². The zero-order chi connectivity index (χ0) is 7.56. The Bertz CT molecular complexity index is 147. The van der Waals surface area contributed by atoms with E-state index in [-0.39, 0.29) is 0 Å². The predicted octanol–water partition coefficient (Wildman–Crippen LogP) is -0.298. The summed E-state index contributed by atoms with van der Waals surface area (Å²) in [4.78, 5) is 0. The molecule has 1 aliphatic heterocycles. The average molecular weight is 142 g/mol. The summed E-state index contributed by atoms with van der Waals surface area (Å²) in [6, 6.07) is 0. The summed E-state index contributed by atoms with van der Waals surface area (Å²) in [5.41, 5.74) is 10.9. The van der Waals surface area contributed by atoms with Gasteiger partial charge in [0.2, 0.25) is 0 Å². The van der Waals surface area contributed by atoms with Gasteiger partial charge in [0.05, 0.1) is 13.1 Å². The molecule has 4 N–H and O–H groups in total. The molecule has 1 rings (SSSR count). The minimum absolute atomic E-state index is 0.478. The maximum atomic E-state index is 5.45.